The summed E-state index contributed by atoms with van der Waals surface area (Å²) in [5.41, 5.74) is 2.27. The molecule has 7 nitrogen and oxygen atoms in total. The summed E-state index contributed by atoms with van der Waals surface area (Å²) in [6, 6.07) is 13.3. The molecule has 28 heavy (non-hydrogen) atoms. The summed E-state index contributed by atoms with van der Waals surface area (Å²) in [5.74, 6) is -0.154. The SMILES string of the molecule is O=C1NC2(CCN(C(=O)c3cc(-c4cccs4)[nH]n3)CC2)Nc2ccccc21. The number of hydrogen-bond acceptors (Lipinski definition) is 5. The van der Waals surface area contributed by atoms with Gasteiger partial charge in [-0.3, -0.25) is 14.7 Å². The van der Waals surface area contributed by atoms with Crippen LogP contribution in [0.5, 0.6) is 0 Å². The first kappa shape index (κ1) is 17.0. The Balaban J connectivity index is 1.29. The van der Waals surface area contributed by atoms with Crippen molar-refractivity contribution in [2.45, 2.75) is 18.5 Å². The Morgan fingerprint density at radius 3 is 2.71 bits per heavy atom. The first-order chi connectivity index (χ1) is 13.6. The largest absolute Gasteiger partial charge is 0.362 e. The van der Waals surface area contributed by atoms with E-state index < -0.39 is 5.66 Å². The van der Waals surface area contributed by atoms with Gasteiger partial charge in [0.25, 0.3) is 11.8 Å². The fraction of sp³-hybridized carbons (Fsp3) is 0.250. The molecule has 1 fully saturated rings. The molecule has 0 bridgehead atoms. The van der Waals surface area contributed by atoms with E-state index in [1.54, 1.807) is 22.3 Å². The third kappa shape index (κ3) is 2.86. The highest BCUT2D eigenvalue weighted by molar-refractivity contribution is 7.13. The summed E-state index contributed by atoms with van der Waals surface area (Å²) >= 11 is 1.60. The van der Waals surface area contributed by atoms with E-state index in [2.05, 4.69) is 20.8 Å². The fourth-order valence-corrected chi connectivity index (χ4v) is 4.55. The second-order valence-corrected chi connectivity index (χ2v) is 8.09. The van der Waals surface area contributed by atoms with Gasteiger partial charge in [0, 0.05) is 31.6 Å². The molecule has 4 heterocycles. The summed E-state index contributed by atoms with van der Waals surface area (Å²) in [4.78, 5) is 28.2. The van der Waals surface area contributed by atoms with Crippen molar-refractivity contribution in [3.05, 3.63) is 59.1 Å². The summed E-state index contributed by atoms with van der Waals surface area (Å²) in [6.45, 7) is 1.10. The zero-order valence-corrected chi connectivity index (χ0v) is 15.9. The zero-order valence-electron chi connectivity index (χ0n) is 15.1. The van der Waals surface area contributed by atoms with Gasteiger partial charge in [-0.25, -0.2) is 0 Å². The number of carbonyl (C=O) groups excluding carboxylic acids is 2. The number of anilines is 1. The van der Waals surface area contributed by atoms with Gasteiger partial charge in [-0.2, -0.15) is 5.10 Å². The number of aromatic nitrogens is 2. The quantitative estimate of drug-likeness (QED) is 0.624. The van der Waals surface area contributed by atoms with E-state index >= 15 is 0 Å². The Labute approximate surface area is 165 Å². The van der Waals surface area contributed by atoms with Crippen molar-refractivity contribution in [3.8, 4) is 10.6 Å². The van der Waals surface area contributed by atoms with Crippen molar-refractivity contribution in [1.29, 1.82) is 0 Å². The van der Waals surface area contributed by atoms with Crippen LogP contribution in [0.25, 0.3) is 10.6 Å². The van der Waals surface area contributed by atoms with E-state index in [-0.39, 0.29) is 11.8 Å². The standard InChI is InChI=1S/C20H19N5O2S/c26-18-13-4-1-2-5-14(13)21-20(22-18)7-9-25(10-8-20)19(27)16-12-15(23-24-16)17-6-3-11-28-17/h1-6,11-12,21H,7-10H2,(H,22,26)(H,23,24). The summed E-state index contributed by atoms with van der Waals surface area (Å²) in [6.07, 6.45) is 1.28. The van der Waals surface area contributed by atoms with Gasteiger partial charge in [-0.05, 0) is 29.6 Å². The molecule has 3 aromatic rings. The van der Waals surface area contributed by atoms with Crippen molar-refractivity contribution in [3.63, 3.8) is 0 Å². The number of thiophene rings is 1. The number of fused-ring (bicyclic) bond motifs is 1. The molecule has 1 aromatic carbocycles. The summed E-state index contributed by atoms with van der Waals surface area (Å²) < 4.78 is 0. The number of nitrogens with one attached hydrogen (secondary N) is 3. The van der Waals surface area contributed by atoms with Gasteiger partial charge in [0.1, 0.15) is 5.66 Å². The van der Waals surface area contributed by atoms with E-state index in [4.69, 9.17) is 0 Å². The van der Waals surface area contributed by atoms with Crippen molar-refractivity contribution in [2.75, 3.05) is 18.4 Å². The Hall–Kier alpha value is -3.13. The highest BCUT2D eigenvalue weighted by Crippen LogP contribution is 2.31. The first-order valence-corrected chi connectivity index (χ1v) is 10.1. The average Bonchev–Trinajstić information content (AvgIpc) is 3.40. The van der Waals surface area contributed by atoms with Gasteiger partial charge in [0.2, 0.25) is 0 Å². The number of aromatic amines is 1. The smallest absolute Gasteiger partial charge is 0.274 e. The lowest BCUT2D eigenvalue weighted by Crippen LogP contribution is -2.62. The van der Waals surface area contributed by atoms with Crippen LogP contribution in [0.2, 0.25) is 0 Å². The number of hydrogen-bond donors (Lipinski definition) is 3. The normalized spacial score (nSPS) is 17.7. The van der Waals surface area contributed by atoms with Gasteiger partial charge < -0.3 is 15.5 Å². The molecule has 0 atom stereocenters. The lowest BCUT2D eigenvalue weighted by atomic mass is 9.92. The van der Waals surface area contributed by atoms with E-state index in [0.29, 0.717) is 37.2 Å². The molecule has 0 aliphatic carbocycles. The molecule has 5 rings (SSSR count). The van der Waals surface area contributed by atoms with Crippen LogP contribution in [-0.4, -0.2) is 45.7 Å². The minimum absolute atomic E-state index is 0.0676. The van der Waals surface area contributed by atoms with Crippen LogP contribution in [0, 0.1) is 0 Å². The van der Waals surface area contributed by atoms with Crippen molar-refractivity contribution >= 4 is 28.8 Å². The third-order valence-electron chi connectivity index (χ3n) is 5.39. The highest BCUT2D eigenvalue weighted by atomic mass is 32.1. The minimum atomic E-state index is -0.504. The second kappa shape index (κ2) is 6.49. The minimum Gasteiger partial charge on any atom is -0.362 e. The van der Waals surface area contributed by atoms with Gasteiger partial charge in [0.15, 0.2) is 5.69 Å². The molecule has 1 spiro atoms. The molecular formula is C20H19N5O2S. The molecule has 8 heteroatoms. The topological polar surface area (TPSA) is 90.1 Å². The highest BCUT2D eigenvalue weighted by Gasteiger charge is 2.41. The molecule has 2 aliphatic rings. The van der Waals surface area contributed by atoms with Crippen LogP contribution < -0.4 is 10.6 Å². The monoisotopic (exact) mass is 393 g/mol. The summed E-state index contributed by atoms with van der Waals surface area (Å²) in [5, 5.41) is 15.7. The maximum absolute atomic E-state index is 12.9. The number of benzene rings is 1. The van der Waals surface area contributed by atoms with Gasteiger partial charge >= 0.3 is 0 Å². The van der Waals surface area contributed by atoms with Crippen LogP contribution in [0.15, 0.2) is 47.8 Å². The number of H-pyrrole nitrogens is 1. The number of para-hydroxylation sites is 1. The Bertz CT molecular complexity index is 1030. The maximum atomic E-state index is 12.9. The third-order valence-corrected chi connectivity index (χ3v) is 6.29. The fourth-order valence-electron chi connectivity index (χ4n) is 3.86. The van der Waals surface area contributed by atoms with E-state index in [9.17, 15) is 9.59 Å². The number of rotatable bonds is 2. The molecule has 2 aromatic heterocycles. The molecule has 0 radical (unpaired) electrons. The van der Waals surface area contributed by atoms with Crippen molar-refractivity contribution in [2.24, 2.45) is 0 Å². The number of amides is 2. The van der Waals surface area contributed by atoms with Crippen molar-refractivity contribution in [1.82, 2.24) is 20.4 Å². The van der Waals surface area contributed by atoms with Crippen LogP contribution in [-0.2, 0) is 0 Å². The molecule has 2 amide bonds. The lowest BCUT2D eigenvalue weighted by Gasteiger charge is -2.45. The number of nitrogens with zero attached hydrogens (tertiary/aromatic N) is 2. The van der Waals surface area contributed by atoms with Gasteiger partial charge in [0.05, 0.1) is 16.1 Å². The van der Waals surface area contributed by atoms with Crippen molar-refractivity contribution < 1.29 is 9.59 Å². The van der Waals surface area contributed by atoms with Gasteiger partial charge in [-0.1, -0.05) is 18.2 Å². The second-order valence-electron chi connectivity index (χ2n) is 7.14. The van der Waals surface area contributed by atoms with Crippen LogP contribution in [0.3, 0.4) is 0 Å². The Morgan fingerprint density at radius 1 is 1.11 bits per heavy atom. The van der Waals surface area contributed by atoms with E-state index in [1.165, 1.54) is 0 Å². The predicted molar refractivity (Wildman–Crippen MR) is 107 cm³/mol. The maximum Gasteiger partial charge on any atom is 0.274 e. The zero-order chi connectivity index (χ0) is 19.1. The van der Waals surface area contributed by atoms with Crippen LogP contribution in [0.1, 0.15) is 33.7 Å². The molecule has 2 aliphatic heterocycles. The average molecular weight is 393 g/mol. The van der Waals surface area contributed by atoms with Gasteiger partial charge in [-0.15, -0.1) is 11.3 Å². The Morgan fingerprint density at radius 2 is 1.93 bits per heavy atom. The molecule has 3 N–H and O–H groups in total. The molecule has 0 saturated carbocycles. The summed E-state index contributed by atoms with van der Waals surface area (Å²) in [7, 11) is 0. The predicted octanol–water partition coefficient (Wildman–Crippen LogP) is 2.93. The molecule has 0 unspecified atom stereocenters. The Kier molecular flexibility index (Phi) is 3.94. The number of likely N-dealkylation sites (tertiary alicyclic amines) is 1. The van der Waals surface area contributed by atoms with Crippen LogP contribution >= 0.6 is 11.3 Å². The molecule has 142 valence electrons. The molecular weight excluding hydrogens is 374 g/mol. The first-order valence-electron chi connectivity index (χ1n) is 9.22. The number of piperidine rings is 1. The molecule has 1 saturated heterocycles. The number of carbonyl (C=O) groups is 2. The van der Waals surface area contributed by atoms with Crippen LogP contribution in [0.4, 0.5) is 5.69 Å². The van der Waals surface area contributed by atoms with E-state index in [0.717, 1.165) is 16.3 Å². The van der Waals surface area contributed by atoms with E-state index in [1.807, 2.05) is 41.8 Å². The lowest BCUT2D eigenvalue weighted by molar-refractivity contribution is 0.0634.